The zero-order chi connectivity index (χ0) is 14.4. The normalized spacial score (nSPS) is 17.4. The first-order valence-electron chi connectivity index (χ1n) is 6.97. The van der Waals surface area contributed by atoms with Gasteiger partial charge in [-0.05, 0) is 31.4 Å². The molecule has 114 valence electrons. The van der Waals surface area contributed by atoms with E-state index in [9.17, 15) is 8.42 Å². The Hall–Kier alpha value is -0.470. The van der Waals surface area contributed by atoms with Crippen molar-refractivity contribution in [2.75, 3.05) is 26.3 Å². The molecule has 2 heterocycles. The van der Waals surface area contributed by atoms with Crippen molar-refractivity contribution in [2.45, 2.75) is 31.2 Å². The Labute approximate surface area is 124 Å². The minimum absolute atomic E-state index is 0.377. The van der Waals surface area contributed by atoms with Crippen molar-refractivity contribution in [3.05, 3.63) is 16.3 Å². The Morgan fingerprint density at radius 3 is 2.85 bits per heavy atom. The van der Waals surface area contributed by atoms with E-state index in [-0.39, 0.29) is 0 Å². The predicted octanol–water partition coefficient (Wildman–Crippen LogP) is 1.56. The molecule has 1 aliphatic heterocycles. The Balaban J connectivity index is 1.90. The molecule has 0 amide bonds. The van der Waals surface area contributed by atoms with E-state index < -0.39 is 10.0 Å². The first-order valence-corrected chi connectivity index (χ1v) is 9.33. The topological polar surface area (TPSA) is 67.4 Å². The fourth-order valence-corrected chi connectivity index (χ4v) is 4.46. The number of rotatable bonds is 7. The summed E-state index contributed by atoms with van der Waals surface area (Å²) in [6, 6.07) is 1.75. The van der Waals surface area contributed by atoms with Crippen LogP contribution >= 0.6 is 11.3 Å². The van der Waals surface area contributed by atoms with E-state index in [1.807, 2.05) is 6.92 Å². The van der Waals surface area contributed by atoms with Gasteiger partial charge < -0.3 is 10.1 Å². The SMILES string of the molecule is CCNCc1cc(S(=O)(=O)NCC2CCOCC2)cs1. The third-order valence-corrected chi connectivity index (χ3v) is 5.88. The third kappa shape index (κ3) is 4.53. The van der Waals surface area contributed by atoms with E-state index in [2.05, 4.69) is 10.0 Å². The van der Waals surface area contributed by atoms with Crippen LogP contribution in [-0.2, 0) is 21.3 Å². The number of sulfonamides is 1. The van der Waals surface area contributed by atoms with Gasteiger partial charge in [-0.1, -0.05) is 6.92 Å². The number of thiophene rings is 1. The minimum Gasteiger partial charge on any atom is -0.381 e. The van der Waals surface area contributed by atoms with Gasteiger partial charge in [0.15, 0.2) is 0 Å². The number of hydrogen-bond donors (Lipinski definition) is 2. The van der Waals surface area contributed by atoms with Crippen LogP contribution in [0.25, 0.3) is 0 Å². The summed E-state index contributed by atoms with van der Waals surface area (Å²) in [4.78, 5) is 1.42. The van der Waals surface area contributed by atoms with E-state index in [0.29, 0.717) is 17.4 Å². The standard InChI is InChI=1S/C13H22N2O3S2/c1-2-14-9-12-7-13(10-19-12)20(16,17)15-8-11-3-5-18-6-4-11/h7,10-11,14-15H,2-6,8-9H2,1H3. The molecule has 7 heteroatoms. The fraction of sp³-hybridized carbons (Fsp3) is 0.692. The van der Waals surface area contributed by atoms with Crippen molar-refractivity contribution in [1.29, 1.82) is 0 Å². The summed E-state index contributed by atoms with van der Waals surface area (Å²) >= 11 is 1.48. The van der Waals surface area contributed by atoms with Crippen molar-refractivity contribution in [2.24, 2.45) is 5.92 Å². The van der Waals surface area contributed by atoms with Crippen molar-refractivity contribution < 1.29 is 13.2 Å². The molecule has 0 radical (unpaired) electrons. The fourth-order valence-electron chi connectivity index (χ4n) is 2.10. The number of hydrogen-bond acceptors (Lipinski definition) is 5. The summed E-state index contributed by atoms with van der Waals surface area (Å²) in [7, 11) is -3.37. The lowest BCUT2D eigenvalue weighted by Crippen LogP contribution is -2.32. The van der Waals surface area contributed by atoms with Crippen LogP contribution < -0.4 is 10.0 Å². The van der Waals surface area contributed by atoms with Gasteiger partial charge in [0.2, 0.25) is 10.0 Å². The van der Waals surface area contributed by atoms with E-state index in [1.165, 1.54) is 11.3 Å². The summed E-state index contributed by atoms with van der Waals surface area (Å²) in [6.07, 6.45) is 1.86. The van der Waals surface area contributed by atoms with E-state index >= 15 is 0 Å². The zero-order valence-corrected chi connectivity index (χ0v) is 13.4. The Bertz CT molecular complexity index is 507. The smallest absolute Gasteiger partial charge is 0.241 e. The Morgan fingerprint density at radius 1 is 1.40 bits per heavy atom. The molecule has 1 aromatic heterocycles. The largest absolute Gasteiger partial charge is 0.381 e. The second kappa shape index (κ2) is 7.51. The highest BCUT2D eigenvalue weighted by Crippen LogP contribution is 2.20. The van der Waals surface area contributed by atoms with Crippen molar-refractivity contribution in [3.8, 4) is 0 Å². The van der Waals surface area contributed by atoms with E-state index in [0.717, 1.165) is 44.0 Å². The molecule has 0 saturated carbocycles. The van der Waals surface area contributed by atoms with Crippen molar-refractivity contribution >= 4 is 21.4 Å². The first kappa shape index (κ1) is 15.9. The van der Waals surface area contributed by atoms with Gasteiger partial charge >= 0.3 is 0 Å². The average Bonchev–Trinajstić information content (AvgIpc) is 2.94. The molecule has 0 atom stereocenters. The zero-order valence-electron chi connectivity index (χ0n) is 11.7. The molecule has 1 aromatic rings. The molecule has 2 rings (SSSR count). The lowest BCUT2D eigenvalue weighted by Gasteiger charge is -2.21. The molecule has 2 N–H and O–H groups in total. The van der Waals surface area contributed by atoms with Crippen LogP contribution in [0.15, 0.2) is 16.3 Å². The summed E-state index contributed by atoms with van der Waals surface area (Å²) in [5, 5.41) is 4.90. The van der Waals surface area contributed by atoms with Crippen LogP contribution in [0.5, 0.6) is 0 Å². The van der Waals surface area contributed by atoms with Crippen LogP contribution in [0, 0.1) is 5.92 Å². The van der Waals surface area contributed by atoms with E-state index in [1.54, 1.807) is 11.4 Å². The van der Waals surface area contributed by atoms with Gasteiger partial charge in [-0.25, -0.2) is 13.1 Å². The summed E-state index contributed by atoms with van der Waals surface area (Å²) < 4.78 is 32.4. The summed E-state index contributed by atoms with van der Waals surface area (Å²) in [6.45, 7) is 5.60. The number of ether oxygens (including phenoxy) is 1. The van der Waals surface area contributed by atoms with Gasteiger partial charge in [-0.3, -0.25) is 0 Å². The summed E-state index contributed by atoms with van der Waals surface area (Å²) in [5.74, 6) is 0.387. The van der Waals surface area contributed by atoms with Gasteiger partial charge in [-0.15, -0.1) is 11.3 Å². The molecular weight excluding hydrogens is 296 g/mol. The monoisotopic (exact) mass is 318 g/mol. The third-order valence-electron chi connectivity index (χ3n) is 3.39. The number of nitrogens with one attached hydrogen (secondary N) is 2. The van der Waals surface area contributed by atoms with Gasteiger partial charge in [-0.2, -0.15) is 0 Å². The maximum atomic E-state index is 12.2. The quantitative estimate of drug-likeness (QED) is 0.801. The molecule has 1 saturated heterocycles. The molecule has 20 heavy (non-hydrogen) atoms. The lowest BCUT2D eigenvalue weighted by atomic mass is 10.0. The second-order valence-corrected chi connectivity index (χ2v) is 7.70. The molecule has 0 spiro atoms. The Kier molecular flexibility index (Phi) is 5.98. The van der Waals surface area contributed by atoms with Crippen LogP contribution in [0.3, 0.4) is 0 Å². The van der Waals surface area contributed by atoms with Crippen LogP contribution in [-0.4, -0.2) is 34.7 Å². The minimum atomic E-state index is -3.37. The molecule has 1 fully saturated rings. The first-order chi connectivity index (χ1) is 9.62. The molecule has 0 unspecified atom stereocenters. The van der Waals surface area contributed by atoms with Gasteiger partial charge in [0.25, 0.3) is 0 Å². The van der Waals surface area contributed by atoms with Crippen LogP contribution in [0.1, 0.15) is 24.6 Å². The highest BCUT2D eigenvalue weighted by Gasteiger charge is 2.20. The van der Waals surface area contributed by atoms with E-state index in [4.69, 9.17) is 4.74 Å². The molecule has 5 nitrogen and oxygen atoms in total. The maximum absolute atomic E-state index is 12.2. The summed E-state index contributed by atoms with van der Waals surface area (Å²) in [5.41, 5.74) is 0. The van der Waals surface area contributed by atoms with Crippen LogP contribution in [0.2, 0.25) is 0 Å². The average molecular weight is 318 g/mol. The van der Waals surface area contributed by atoms with Gasteiger partial charge in [0.1, 0.15) is 0 Å². The Morgan fingerprint density at radius 2 is 2.15 bits per heavy atom. The van der Waals surface area contributed by atoms with Crippen molar-refractivity contribution in [1.82, 2.24) is 10.0 Å². The highest BCUT2D eigenvalue weighted by molar-refractivity contribution is 7.89. The predicted molar refractivity (Wildman–Crippen MR) is 80.4 cm³/mol. The van der Waals surface area contributed by atoms with Crippen LogP contribution in [0.4, 0.5) is 0 Å². The molecule has 1 aliphatic rings. The molecule has 0 aromatic carbocycles. The van der Waals surface area contributed by atoms with Crippen molar-refractivity contribution in [3.63, 3.8) is 0 Å². The lowest BCUT2D eigenvalue weighted by molar-refractivity contribution is 0.0678. The molecule has 0 aliphatic carbocycles. The van der Waals surface area contributed by atoms with Gasteiger partial charge in [0.05, 0.1) is 4.90 Å². The molecule has 0 bridgehead atoms. The van der Waals surface area contributed by atoms with Gasteiger partial charge in [0, 0.05) is 36.6 Å². The maximum Gasteiger partial charge on any atom is 0.241 e. The second-order valence-electron chi connectivity index (χ2n) is 4.94. The highest BCUT2D eigenvalue weighted by atomic mass is 32.2. The molecular formula is C13H22N2O3S2.